The molecule has 1 fully saturated rings. The average molecular weight is 264 g/mol. The number of allylic oxidation sites excluding steroid dienone is 2. The number of imide groups is 1. The van der Waals surface area contributed by atoms with E-state index in [1.807, 2.05) is 26.0 Å². The van der Waals surface area contributed by atoms with E-state index in [9.17, 15) is 14.4 Å². The first-order chi connectivity index (χ1) is 9.00. The van der Waals surface area contributed by atoms with Gasteiger partial charge >= 0.3 is 0 Å². The van der Waals surface area contributed by atoms with Gasteiger partial charge in [0, 0.05) is 19.0 Å². The first-order valence-electron chi connectivity index (χ1n) is 6.80. The molecule has 3 amide bonds. The van der Waals surface area contributed by atoms with Crippen LogP contribution in [0.3, 0.4) is 0 Å². The number of hydrogen-bond acceptors (Lipinski definition) is 3. The highest BCUT2D eigenvalue weighted by atomic mass is 16.2. The summed E-state index contributed by atoms with van der Waals surface area (Å²) in [5.74, 6) is -0.756. The zero-order valence-corrected chi connectivity index (χ0v) is 11.4. The van der Waals surface area contributed by atoms with Crippen molar-refractivity contribution in [2.45, 2.75) is 39.2 Å². The molecule has 104 valence electrons. The number of likely N-dealkylation sites (tertiary alicyclic amines) is 1. The van der Waals surface area contributed by atoms with Crippen molar-refractivity contribution >= 4 is 17.7 Å². The standard InChI is InChI=1S/C14H20N2O3/c1-9(2)15-12(17)7-8-16-13(18)10-5-3-4-6-11(10)14(16)19/h3-4,9-11H,5-8H2,1-2H3,(H,15,17)/t10-,11+. The number of rotatable bonds is 4. The topological polar surface area (TPSA) is 66.5 Å². The van der Waals surface area contributed by atoms with Crippen molar-refractivity contribution in [2.24, 2.45) is 11.8 Å². The Morgan fingerprint density at radius 3 is 2.26 bits per heavy atom. The van der Waals surface area contributed by atoms with Crippen LogP contribution in [-0.4, -0.2) is 35.2 Å². The summed E-state index contributed by atoms with van der Waals surface area (Å²) in [6.45, 7) is 3.96. The fourth-order valence-electron chi connectivity index (χ4n) is 2.70. The van der Waals surface area contributed by atoms with Gasteiger partial charge in [0.05, 0.1) is 11.8 Å². The maximum Gasteiger partial charge on any atom is 0.233 e. The minimum atomic E-state index is -0.203. The van der Waals surface area contributed by atoms with Gasteiger partial charge in [0.25, 0.3) is 0 Å². The smallest absolute Gasteiger partial charge is 0.233 e. The highest BCUT2D eigenvalue weighted by molar-refractivity contribution is 6.05. The van der Waals surface area contributed by atoms with E-state index < -0.39 is 0 Å². The molecular weight excluding hydrogens is 244 g/mol. The van der Waals surface area contributed by atoms with Gasteiger partial charge < -0.3 is 5.32 Å². The Labute approximate surface area is 113 Å². The molecule has 0 aromatic rings. The second-order valence-electron chi connectivity index (χ2n) is 5.46. The Morgan fingerprint density at radius 1 is 1.26 bits per heavy atom. The Morgan fingerprint density at radius 2 is 1.79 bits per heavy atom. The predicted molar refractivity (Wildman–Crippen MR) is 70.0 cm³/mol. The average Bonchev–Trinajstić information content (AvgIpc) is 2.60. The zero-order chi connectivity index (χ0) is 14.0. The molecule has 1 saturated heterocycles. The lowest BCUT2D eigenvalue weighted by Crippen LogP contribution is -2.37. The SMILES string of the molecule is CC(C)NC(=O)CCN1C(=O)[C@H]2CC=CC[C@H]2C1=O. The zero-order valence-electron chi connectivity index (χ0n) is 11.4. The third-order valence-electron chi connectivity index (χ3n) is 3.61. The van der Waals surface area contributed by atoms with Crippen LogP contribution >= 0.6 is 0 Å². The van der Waals surface area contributed by atoms with Crippen LogP contribution in [0.4, 0.5) is 0 Å². The van der Waals surface area contributed by atoms with Crippen molar-refractivity contribution in [1.82, 2.24) is 10.2 Å². The Balaban J connectivity index is 1.93. The molecule has 0 radical (unpaired) electrons. The molecule has 2 atom stereocenters. The largest absolute Gasteiger partial charge is 0.354 e. The summed E-state index contributed by atoms with van der Waals surface area (Å²) in [4.78, 5) is 37.1. The molecule has 1 N–H and O–H groups in total. The highest BCUT2D eigenvalue weighted by Crippen LogP contribution is 2.34. The highest BCUT2D eigenvalue weighted by Gasteiger charge is 2.46. The molecule has 1 heterocycles. The van der Waals surface area contributed by atoms with Gasteiger partial charge in [-0.3, -0.25) is 19.3 Å². The van der Waals surface area contributed by atoms with E-state index in [-0.39, 0.29) is 48.6 Å². The van der Waals surface area contributed by atoms with Crippen LogP contribution in [0.25, 0.3) is 0 Å². The summed E-state index contributed by atoms with van der Waals surface area (Å²) < 4.78 is 0. The van der Waals surface area contributed by atoms with Crippen molar-refractivity contribution in [3.05, 3.63) is 12.2 Å². The molecule has 0 saturated carbocycles. The van der Waals surface area contributed by atoms with Crippen molar-refractivity contribution < 1.29 is 14.4 Å². The number of fused-ring (bicyclic) bond motifs is 1. The Kier molecular flexibility index (Phi) is 4.02. The van der Waals surface area contributed by atoms with Crippen LogP contribution in [0.1, 0.15) is 33.1 Å². The molecule has 1 aliphatic carbocycles. The fraction of sp³-hybridized carbons (Fsp3) is 0.643. The van der Waals surface area contributed by atoms with Crippen molar-refractivity contribution in [1.29, 1.82) is 0 Å². The normalized spacial score (nSPS) is 25.9. The summed E-state index contributed by atoms with van der Waals surface area (Å²) in [7, 11) is 0. The van der Waals surface area contributed by atoms with Gasteiger partial charge in [-0.1, -0.05) is 12.2 Å². The molecular formula is C14H20N2O3. The van der Waals surface area contributed by atoms with E-state index in [0.29, 0.717) is 12.8 Å². The molecule has 1 aliphatic heterocycles. The molecule has 0 unspecified atom stereocenters. The lowest BCUT2D eigenvalue weighted by Gasteiger charge is -2.15. The second-order valence-corrected chi connectivity index (χ2v) is 5.46. The van der Waals surface area contributed by atoms with Crippen LogP contribution in [0.15, 0.2) is 12.2 Å². The summed E-state index contributed by atoms with van der Waals surface area (Å²) in [5, 5.41) is 2.76. The van der Waals surface area contributed by atoms with Crippen molar-refractivity contribution in [2.75, 3.05) is 6.54 Å². The van der Waals surface area contributed by atoms with Crippen LogP contribution < -0.4 is 5.32 Å². The van der Waals surface area contributed by atoms with E-state index in [2.05, 4.69) is 5.32 Å². The van der Waals surface area contributed by atoms with Gasteiger partial charge in [-0.05, 0) is 26.7 Å². The molecule has 0 aromatic carbocycles. The van der Waals surface area contributed by atoms with E-state index in [0.717, 1.165) is 0 Å². The van der Waals surface area contributed by atoms with E-state index >= 15 is 0 Å². The number of nitrogens with zero attached hydrogens (tertiary/aromatic N) is 1. The molecule has 0 aromatic heterocycles. The van der Waals surface area contributed by atoms with E-state index in [1.165, 1.54) is 4.90 Å². The monoisotopic (exact) mass is 264 g/mol. The van der Waals surface area contributed by atoms with Gasteiger partial charge in [-0.15, -0.1) is 0 Å². The number of carbonyl (C=O) groups is 3. The Hall–Kier alpha value is -1.65. The van der Waals surface area contributed by atoms with Crippen LogP contribution in [-0.2, 0) is 14.4 Å². The molecule has 2 aliphatic rings. The number of hydrogen-bond donors (Lipinski definition) is 1. The van der Waals surface area contributed by atoms with Gasteiger partial charge in [-0.25, -0.2) is 0 Å². The van der Waals surface area contributed by atoms with Gasteiger partial charge in [0.2, 0.25) is 17.7 Å². The van der Waals surface area contributed by atoms with Gasteiger partial charge in [0.1, 0.15) is 0 Å². The summed E-state index contributed by atoms with van der Waals surface area (Å²) in [6, 6.07) is 0.0734. The molecule has 0 bridgehead atoms. The lowest BCUT2D eigenvalue weighted by atomic mass is 9.85. The molecule has 5 heteroatoms. The number of carbonyl (C=O) groups excluding carboxylic acids is 3. The number of nitrogens with one attached hydrogen (secondary N) is 1. The number of amides is 3. The molecule has 5 nitrogen and oxygen atoms in total. The van der Waals surface area contributed by atoms with E-state index in [4.69, 9.17) is 0 Å². The van der Waals surface area contributed by atoms with E-state index in [1.54, 1.807) is 0 Å². The Bertz CT molecular complexity index is 402. The third kappa shape index (κ3) is 2.85. The van der Waals surface area contributed by atoms with Gasteiger partial charge in [-0.2, -0.15) is 0 Å². The first-order valence-corrected chi connectivity index (χ1v) is 6.80. The van der Waals surface area contributed by atoms with Crippen LogP contribution in [0, 0.1) is 11.8 Å². The molecule has 2 rings (SSSR count). The third-order valence-corrected chi connectivity index (χ3v) is 3.61. The van der Waals surface area contributed by atoms with Crippen LogP contribution in [0.2, 0.25) is 0 Å². The fourth-order valence-corrected chi connectivity index (χ4v) is 2.70. The summed E-state index contributed by atoms with van der Waals surface area (Å²) in [6.07, 6.45) is 5.39. The summed E-state index contributed by atoms with van der Waals surface area (Å²) in [5.41, 5.74) is 0. The minimum absolute atomic E-state index is 0.0734. The predicted octanol–water partition coefficient (Wildman–Crippen LogP) is 0.852. The minimum Gasteiger partial charge on any atom is -0.354 e. The lowest BCUT2D eigenvalue weighted by molar-refractivity contribution is -0.140. The first kappa shape index (κ1) is 13.8. The molecule has 0 spiro atoms. The molecule has 19 heavy (non-hydrogen) atoms. The van der Waals surface area contributed by atoms with Crippen molar-refractivity contribution in [3.8, 4) is 0 Å². The second kappa shape index (κ2) is 5.55. The quantitative estimate of drug-likeness (QED) is 0.605. The maximum atomic E-state index is 12.1. The maximum absolute atomic E-state index is 12.1. The van der Waals surface area contributed by atoms with Gasteiger partial charge in [0.15, 0.2) is 0 Å². The summed E-state index contributed by atoms with van der Waals surface area (Å²) >= 11 is 0. The van der Waals surface area contributed by atoms with Crippen molar-refractivity contribution in [3.63, 3.8) is 0 Å². The van der Waals surface area contributed by atoms with Crippen LogP contribution in [0.5, 0.6) is 0 Å².